The van der Waals surface area contributed by atoms with Crippen LogP contribution in [-0.4, -0.2) is 19.3 Å². The van der Waals surface area contributed by atoms with Crippen LogP contribution >= 0.6 is 15.9 Å². The van der Waals surface area contributed by atoms with Crippen molar-refractivity contribution in [2.45, 2.75) is 26.4 Å². The number of halogens is 1. The Kier molecular flexibility index (Phi) is 3.81. The summed E-state index contributed by atoms with van der Waals surface area (Å²) >= 11 is 3.19. The first-order valence-corrected chi connectivity index (χ1v) is 6.43. The van der Waals surface area contributed by atoms with Gasteiger partial charge in [0.1, 0.15) is 12.2 Å². The molecular weight excluding hydrogens is 298 g/mol. The van der Waals surface area contributed by atoms with E-state index in [1.54, 1.807) is 12.4 Å². The molecule has 2 aromatic rings. The Hall–Kier alpha value is -1.63. The summed E-state index contributed by atoms with van der Waals surface area (Å²) in [6, 6.07) is 0. The van der Waals surface area contributed by atoms with E-state index in [1.165, 1.54) is 6.33 Å². The second kappa shape index (κ2) is 5.34. The molecule has 0 aromatic carbocycles. The highest BCUT2D eigenvalue weighted by molar-refractivity contribution is 9.10. The van der Waals surface area contributed by atoms with Gasteiger partial charge in [-0.2, -0.15) is 5.10 Å². The molecule has 0 atom stereocenters. The zero-order valence-electron chi connectivity index (χ0n) is 10.0. The summed E-state index contributed by atoms with van der Waals surface area (Å²) in [5.74, 6) is 0.840. The molecule has 18 heavy (non-hydrogen) atoms. The molecule has 0 bridgehead atoms. The molecule has 0 unspecified atom stereocenters. The number of aryl methyl sites for hydroxylation is 1. The van der Waals surface area contributed by atoms with E-state index in [1.807, 2.05) is 9.25 Å². The predicted molar refractivity (Wildman–Crippen MR) is 72.2 cm³/mol. The van der Waals surface area contributed by atoms with Gasteiger partial charge in [0.05, 0.1) is 16.7 Å². The molecule has 0 aliphatic heterocycles. The lowest BCUT2D eigenvalue weighted by Gasteiger charge is -2.09. The van der Waals surface area contributed by atoms with E-state index in [0.29, 0.717) is 11.0 Å². The van der Waals surface area contributed by atoms with Crippen molar-refractivity contribution in [1.29, 1.82) is 0 Å². The Morgan fingerprint density at radius 2 is 2.22 bits per heavy atom. The zero-order chi connectivity index (χ0) is 13.1. The number of nitrogen functional groups attached to an aromatic ring is 1. The number of aromatic nitrogens is 4. The summed E-state index contributed by atoms with van der Waals surface area (Å²) in [5, 5.41) is 4.15. The second-order valence-corrected chi connectivity index (χ2v) is 4.82. The summed E-state index contributed by atoms with van der Waals surface area (Å²) in [6.07, 6.45) is 5.83. The van der Waals surface area contributed by atoms with Gasteiger partial charge in [-0.25, -0.2) is 9.67 Å². The Morgan fingerprint density at radius 1 is 1.44 bits per heavy atom. The topological polar surface area (TPSA) is 78.7 Å². The molecule has 2 aromatic heterocycles. The third-order valence-corrected chi connectivity index (χ3v) is 3.08. The number of nitrogens with two attached hydrogens (primary N) is 1. The maximum atomic E-state index is 11.5. The molecule has 7 heteroatoms. The van der Waals surface area contributed by atoms with Crippen LogP contribution in [0.4, 0.5) is 5.69 Å². The molecule has 0 aliphatic rings. The van der Waals surface area contributed by atoms with Gasteiger partial charge in [-0.05, 0) is 22.4 Å². The molecule has 96 valence electrons. The molecule has 0 saturated carbocycles. The normalized spacial score (nSPS) is 10.8. The predicted octanol–water partition coefficient (Wildman–Crippen LogP) is 1.24. The van der Waals surface area contributed by atoms with Crippen molar-refractivity contribution in [2.75, 3.05) is 5.73 Å². The van der Waals surface area contributed by atoms with E-state index in [9.17, 15) is 4.79 Å². The van der Waals surface area contributed by atoms with Gasteiger partial charge in [-0.15, -0.1) is 0 Å². The lowest BCUT2D eigenvalue weighted by molar-refractivity contribution is 0.553. The lowest BCUT2D eigenvalue weighted by atomic mass is 10.4. The highest BCUT2D eigenvalue weighted by Crippen LogP contribution is 2.08. The highest BCUT2D eigenvalue weighted by atomic mass is 79.9. The van der Waals surface area contributed by atoms with Crippen molar-refractivity contribution in [3.63, 3.8) is 0 Å². The first-order chi connectivity index (χ1) is 8.61. The fourth-order valence-electron chi connectivity index (χ4n) is 1.68. The molecule has 0 spiro atoms. The largest absolute Gasteiger partial charge is 0.394 e. The molecule has 0 saturated heterocycles. The van der Waals surface area contributed by atoms with Crippen molar-refractivity contribution in [3.05, 3.63) is 39.2 Å². The van der Waals surface area contributed by atoms with Crippen LogP contribution in [-0.2, 0) is 13.1 Å². The van der Waals surface area contributed by atoms with Crippen molar-refractivity contribution < 1.29 is 0 Å². The number of pyridine rings is 1. The fourth-order valence-corrected chi connectivity index (χ4v) is 2.17. The number of anilines is 1. The minimum Gasteiger partial charge on any atom is -0.394 e. The molecule has 2 rings (SSSR count). The maximum Gasteiger partial charge on any atom is 0.218 e. The average molecular weight is 312 g/mol. The van der Waals surface area contributed by atoms with Crippen LogP contribution in [0, 0.1) is 0 Å². The molecule has 0 radical (unpaired) electrons. The Bertz CT molecular complexity index is 577. The number of hydrogen-bond donors (Lipinski definition) is 1. The number of hydrogen-bond acceptors (Lipinski definition) is 4. The minimum atomic E-state index is -0.193. The van der Waals surface area contributed by atoms with E-state index in [-0.39, 0.29) is 11.1 Å². The van der Waals surface area contributed by atoms with E-state index in [4.69, 9.17) is 5.73 Å². The van der Waals surface area contributed by atoms with Gasteiger partial charge in [0.15, 0.2) is 0 Å². The standard InChI is InChI=1S/C11H14BrN5O/c1-2-3-17-10(14-7-15-17)6-16-4-8(12)11(18)9(13)5-16/h4-5,7H,2-3,6,13H2,1H3. The fraction of sp³-hybridized carbons (Fsp3) is 0.364. The van der Waals surface area contributed by atoms with Crippen LogP contribution in [0.5, 0.6) is 0 Å². The van der Waals surface area contributed by atoms with Gasteiger partial charge in [-0.3, -0.25) is 4.79 Å². The number of nitrogens with zero attached hydrogens (tertiary/aromatic N) is 4. The van der Waals surface area contributed by atoms with Gasteiger partial charge in [0, 0.05) is 18.9 Å². The smallest absolute Gasteiger partial charge is 0.218 e. The molecule has 0 amide bonds. The highest BCUT2D eigenvalue weighted by Gasteiger charge is 2.07. The number of rotatable bonds is 4. The van der Waals surface area contributed by atoms with Crippen LogP contribution in [0.1, 0.15) is 19.2 Å². The first-order valence-electron chi connectivity index (χ1n) is 5.63. The lowest BCUT2D eigenvalue weighted by Crippen LogP contribution is -2.15. The van der Waals surface area contributed by atoms with E-state index < -0.39 is 0 Å². The van der Waals surface area contributed by atoms with Crippen molar-refractivity contribution in [3.8, 4) is 0 Å². The van der Waals surface area contributed by atoms with Crippen molar-refractivity contribution >= 4 is 21.6 Å². The summed E-state index contributed by atoms with van der Waals surface area (Å²) in [4.78, 5) is 15.7. The Labute approximate surface area is 113 Å². The SMILES string of the molecule is CCCn1ncnc1Cn1cc(N)c(=O)c(Br)c1. The molecule has 0 aliphatic carbocycles. The molecule has 2 heterocycles. The molecule has 6 nitrogen and oxygen atoms in total. The van der Waals surface area contributed by atoms with Crippen LogP contribution in [0.25, 0.3) is 0 Å². The van der Waals surface area contributed by atoms with Crippen LogP contribution in [0.3, 0.4) is 0 Å². The third-order valence-electron chi connectivity index (χ3n) is 2.52. The van der Waals surface area contributed by atoms with Crippen molar-refractivity contribution in [2.24, 2.45) is 0 Å². The zero-order valence-corrected chi connectivity index (χ0v) is 11.6. The van der Waals surface area contributed by atoms with Gasteiger partial charge in [0.2, 0.25) is 5.43 Å². The average Bonchev–Trinajstić information content (AvgIpc) is 2.74. The summed E-state index contributed by atoms with van der Waals surface area (Å²) < 4.78 is 4.11. The van der Waals surface area contributed by atoms with Gasteiger partial charge in [0.25, 0.3) is 0 Å². The van der Waals surface area contributed by atoms with Crippen LogP contribution in [0.2, 0.25) is 0 Å². The molecule has 0 fully saturated rings. The van der Waals surface area contributed by atoms with E-state index >= 15 is 0 Å². The van der Waals surface area contributed by atoms with Gasteiger partial charge >= 0.3 is 0 Å². The summed E-state index contributed by atoms with van der Waals surface area (Å²) in [7, 11) is 0. The van der Waals surface area contributed by atoms with Crippen molar-refractivity contribution in [1.82, 2.24) is 19.3 Å². The van der Waals surface area contributed by atoms with Gasteiger partial charge < -0.3 is 10.3 Å². The quantitative estimate of drug-likeness (QED) is 0.921. The monoisotopic (exact) mass is 311 g/mol. The van der Waals surface area contributed by atoms with Crippen LogP contribution < -0.4 is 11.2 Å². The first kappa shape index (κ1) is 12.8. The minimum absolute atomic E-state index is 0.193. The maximum absolute atomic E-state index is 11.5. The molecule has 2 N–H and O–H groups in total. The van der Waals surface area contributed by atoms with E-state index in [2.05, 4.69) is 32.9 Å². The summed E-state index contributed by atoms with van der Waals surface area (Å²) in [6.45, 7) is 3.44. The third kappa shape index (κ3) is 2.61. The van der Waals surface area contributed by atoms with E-state index in [0.717, 1.165) is 18.8 Å². The Morgan fingerprint density at radius 3 is 2.89 bits per heavy atom. The summed E-state index contributed by atoms with van der Waals surface area (Å²) in [5.41, 5.74) is 5.66. The molecular formula is C11H14BrN5O. The van der Waals surface area contributed by atoms with Crippen LogP contribution in [0.15, 0.2) is 28.0 Å². The second-order valence-electron chi connectivity index (χ2n) is 3.96. The Balaban J connectivity index is 2.28. The van der Waals surface area contributed by atoms with Gasteiger partial charge in [-0.1, -0.05) is 6.92 Å².